The van der Waals surface area contributed by atoms with E-state index in [9.17, 15) is 39.6 Å². The summed E-state index contributed by atoms with van der Waals surface area (Å²) >= 11 is 0. The number of rotatable bonds is 1. The van der Waals surface area contributed by atoms with Crippen LogP contribution in [0.1, 0.15) is 0 Å². The number of alkyl halides is 6. The molecule has 92 valence electrons. The van der Waals surface area contributed by atoms with E-state index in [1.54, 1.807) is 0 Å². The van der Waals surface area contributed by atoms with E-state index < -0.39 is 27.6 Å². The van der Waals surface area contributed by atoms with E-state index >= 15 is 0 Å². The van der Waals surface area contributed by atoms with Crippen molar-refractivity contribution < 1.29 is 39.6 Å². The van der Waals surface area contributed by atoms with Crippen molar-refractivity contribution in [3.05, 3.63) is 0 Å². The first-order valence-corrected chi connectivity index (χ1v) is 4.06. The lowest BCUT2D eigenvalue weighted by Gasteiger charge is -2.10. The number of carbonyl (C=O) groups is 1. The lowest BCUT2D eigenvalue weighted by molar-refractivity contribution is -0.171. The molecule has 0 saturated heterocycles. The van der Waals surface area contributed by atoms with Gasteiger partial charge in [-0.1, -0.05) is 0 Å². The Bertz CT molecular complexity index is 331. The van der Waals surface area contributed by atoms with Gasteiger partial charge in [0.15, 0.2) is 0 Å². The van der Waals surface area contributed by atoms with Crippen LogP contribution in [-0.2, 0) is 14.8 Å². The first kappa shape index (κ1) is 16.8. The molecule has 0 heterocycles. The van der Waals surface area contributed by atoms with Crippen LogP contribution in [0.4, 0.5) is 26.3 Å². The van der Waals surface area contributed by atoms with Crippen molar-refractivity contribution in [1.29, 1.82) is 0 Å². The summed E-state index contributed by atoms with van der Waals surface area (Å²) in [5.74, 6) is -3.20. The fourth-order valence-electron chi connectivity index (χ4n) is 0.238. The largest absolute Gasteiger partial charge is 0.516 e. The minimum atomic E-state index is -6.30. The second-order valence-electron chi connectivity index (χ2n) is 1.88. The standard InChI is InChI=1S/C3HF6NO3S.H3P/c4-2(5,6)1(11)10-14(12,13)3(7,8)9;/h(H,10,11);1H3. The fourth-order valence-corrected chi connectivity index (χ4v) is 0.713. The predicted octanol–water partition coefficient (Wildman–Crippen LogP) is 0.573. The second kappa shape index (κ2) is 4.52. The van der Waals surface area contributed by atoms with Gasteiger partial charge in [-0.15, -0.1) is 0 Å². The van der Waals surface area contributed by atoms with E-state index in [-0.39, 0.29) is 14.6 Å². The van der Waals surface area contributed by atoms with E-state index in [4.69, 9.17) is 0 Å². The highest BCUT2D eigenvalue weighted by molar-refractivity contribution is 7.90. The van der Waals surface area contributed by atoms with Crippen molar-refractivity contribution in [3.63, 3.8) is 0 Å². The third-order valence-electron chi connectivity index (χ3n) is 0.789. The molecule has 0 saturated carbocycles. The van der Waals surface area contributed by atoms with Crippen molar-refractivity contribution in [2.75, 3.05) is 0 Å². The molecule has 0 aliphatic heterocycles. The van der Waals surface area contributed by atoms with E-state index in [0.717, 1.165) is 0 Å². The molecule has 0 spiro atoms. The first-order valence-electron chi connectivity index (χ1n) is 2.58. The van der Waals surface area contributed by atoms with Gasteiger partial charge in [0.25, 0.3) is 0 Å². The lowest BCUT2D eigenvalue weighted by atomic mass is 10.6. The van der Waals surface area contributed by atoms with Gasteiger partial charge < -0.3 is 0 Å². The maximum atomic E-state index is 11.4. The van der Waals surface area contributed by atoms with Crippen molar-refractivity contribution in [2.24, 2.45) is 0 Å². The SMILES string of the molecule is O=C(NS(=O)(=O)C(F)(F)F)C(F)(F)F.P. The molecule has 4 nitrogen and oxygen atoms in total. The zero-order valence-corrected chi connectivity index (χ0v) is 8.84. The summed E-state index contributed by atoms with van der Waals surface area (Å²) in [6.07, 6.45) is -5.70. The number of hydrogen-bond acceptors (Lipinski definition) is 3. The average Bonchev–Trinajstić information content (AvgIpc) is 1.80. The highest BCUT2D eigenvalue weighted by Crippen LogP contribution is 2.23. The molecule has 0 fully saturated rings. The minimum Gasteiger partial charge on any atom is -0.263 e. The fraction of sp³-hybridized carbons (Fsp3) is 0.667. The smallest absolute Gasteiger partial charge is 0.263 e. The van der Waals surface area contributed by atoms with Crippen molar-refractivity contribution in [2.45, 2.75) is 11.7 Å². The number of halogens is 6. The number of hydrogen-bond donors (Lipinski definition) is 1. The van der Waals surface area contributed by atoms with Gasteiger partial charge in [-0.05, 0) is 0 Å². The topological polar surface area (TPSA) is 63.2 Å². The molecule has 0 aromatic heterocycles. The minimum absolute atomic E-state index is 0. The van der Waals surface area contributed by atoms with E-state index in [1.807, 2.05) is 0 Å². The van der Waals surface area contributed by atoms with Crippen LogP contribution < -0.4 is 4.72 Å². The van der Waals surface area contributed by atoms with Gasteiger partial charge in [-0.3, -0.25) is 4.79 Å². The van der Waals surface area contributed by atoms with E-state index in [1.165, 1.54) is 0 Å². The molecular formula is C3H4F6NO3PS. The van der Waals surface area contributed by atoms with Crippen molar-refractivity contribution in [1.82, 2.24) is 4.72 Å². The summed E-state index contributed by atoms with van der Waals surface area (Å²) in [5.41, 5.74) is -5.96. The third kappa shape index (κ3) is 4.65. The van der Waals surface area contributed by atoms with Crippen LogP contribution >= 0.6 is 9.90 Å². The summed E-state index contributed by atoms with van der Waals surface area (Å²) in [5, 5.41) is 0. The quantitative estimate of drug-likeness (QED) is 0.564. The Hall–Kier alpha value is -0.570. The Labute approximate surface area is 82.7 Å². The Balaban J connectivity index is 0. The first-order chi connectivity index (χ1) is 5.88. The van der Waals surface area contributed by atoms with Crippen LogP contribution in [0.3, 0.4) is 0 Å². The van der Waals surface area contributed by atoms with E-state index in [2.05, 4.69) is 0 Å². The van der Waals surface area contributed by atoms with Crippen LogP contribution in [0.25, 0.3) is 0 Å². The highest BCUT2D eigenvalue weighted by atomic mass is 32.2. The summed E-state index contributed by atoms with van der Waals surface area (Å²) in [4.78, 5) is 9.81. The Morgan fingerprint density at radius 1 is 1.00 bits per heavy atom. The van der Waals surface area contributed by atoms with Crippen LogP contribution in [0, 0.1) is 0 Å². The number of nitrogens with one attached hydrogen (secondary N) is 1. The van der Waals surface area contributed by atoms with Crippen molar-refractivity contribution in [3.8, 4) is 0 Å². The Morgan fingerprint density at radius 3 is 1.53 bits per heavy atom. The summed E-state index contributed by atoms with van der Waals surface area (Å²) in [6.45, 7) is 0. The van der Waals surface area contributed by atoms with Crippen LogP contribution in [0.2, 0.25) is 0 Å². The molecule has 0 radical (unpaired) electrons. The highest BCUT2D eigenvalue weighted by Gasteiger charge is 2.51. The summed E-state index contributed by atoms with van der Waals surface area (Å²) in [7, 11) is -6.30. The predicted molar refractivity (Wildman–Crippen MR) is 40.3 cm³/mol. The molecule has 15 heavy (non-hydrogen) atoms. The molecule has 0 bridgehead atoms. The number of carbonyl (C=O) groups excluding carboxylic acids is 1. The molecule has 0 aromatic carbocycles. The maximum absolute atomic E-state index is 11.4. The molecule has 1 unspecified atom stereocenters. The van der Waals surface area contributed by atoms with Gasteiger partial charge in [-0.2, -0.15) is 44.7 Å². The zero-order valence-electron chi connectivity index (χ0n) is 6.61. The van der Waals surface area contributed by atoms with Gasteiger partial charge in [-0.25, -0.2) is 4.72 Å². The van der Waals surface area contributed by atoms with Gasteiger partial charge >= 0.3 is 27.6 Å². The Kier molecular flexibility index (Phi) is 5.07. The van der Waals surface area contributed by atoms with Gasteiger partial charge in [0.2, 0.25) is 0 Å². The molecule has 0 rings (SSSR count). The second-order valence-corrected chi connectivity index (χ2v) is 3.55. The average molecular weight is 279 g/mol. The molecule has 1 amide bonds. The Morgan fingerprint density at radius 2 is 1.33 bits per heavy atom. The summed E-state index contributed by atoms with van der Waals surface area (Å²) in [6, 6.07) is 0. The lowest BCUT2D eigenvalue weighted by Crippen LogP contribution is -2.46. The van der Waals surface area contributed by atoms with Gasteiger partial charge in [0, 0.05) is 0 Å². The van der Waals surface area contributed by atoms with Crippen LogP contribution in [0.5, 0.6) is 0 Å². The van der Waals surface area contributed by atoms with Crippen LogP contribution in [0.15, 0.2) is 0 Å². The van der Waals surface area contributed by atoms with Gasteiger partial charge in [0.05, 0.1) is 0 Å². The van der Waals surface area contributed by atoms with Crippen molar-refractivity contribution >= 4 is 25.8 Å². The molecule has 0 aliphatic carbocycles. The van der Waals surface area contributed by atoms with Gasteiger partial charge in [0.1, 0.15) is 0 Å². The maximum Gasteiger partial charge on any atom is 0.516 e. The van der Waals surface area contributed by atoms with E-state index in [0.29, 0.717) is 0 Å². The monoisotopic (exact) mass is 279 g/mol. The number of sulfonamides is 1. The molecule has 0 aromatic rings. The molecule has 12 heteroatoms. The molecular weight excluding hydrogens is 275 g/mol. The zero-order chi connectivity index (χ0) is 11.8. The summed E-state index contributed by atoms with van der Waals surface area (Å²) < 4.78 is 87.9. The third-order valence-corrected chi connectivity index (χ3v) is 1.85. The normalized spacial score (nSPS) is 12.9. The molecule has 1 N–H and O–H groups in total. The number of amides is 1. The molecule has 1 atom stereocenters. The van der Waals surface area contributed by atoms with Crippen LogP contribution in [-0.4, -0.2) is 26.0 Å². The molecule has 0 aliphatic rings.